The number of sulfonamides is 1. The molecule has 1 aromatic carbocycles. The van der Waals surface area contributed by atoms with Crippen LogP contribution in [0.4, 0.5) is 0 Å². The van der Waals surface area contributed by atoms with Gasteiger partial charge in [0.05, 0.1) is 6.54 Å². The van der Waals surface area contributed by atoms with Crippen LogP contribution in [0.5, 0.6) is 5.75 Å². The molecule has 1 amide bonds. The number of hydrogen-bond donors (Lipinski definition) is 1. The number of amides is 1. The fraction of sp³-hybridized carbons (Fsp3) is 0.478. The second kappa shape index (κ2) is 12.1. The Morgan fingerprint density at radius 1 is 1.21 bits per heavy atom. The maximum atomic E-state index is 12.5. The predicted molar refractivity (Wildman–Crippen MR) is 124 cm³/mol. The molecule has 1 aliphatic rings. The lowest BCUT2D eigenvalue weighted by Gasteiger charge is -2.31. The Hall–Kier alpha value is -2.53. The fourth-order valence-electron chi connectivity index (χ4n) is 3.58. The number of rotatable bonds is 11. The molecule has 1 aromatic heterocycles. The van der Waals surface area contributed by atoms with Crippen molar-refractivity contribution in [2.45, 2.75) is 30.3 Å². The lowest BCUT2D eigenvalue weighted by Crippen LogP contribution is -2.38. The van der Waals surface area contributed by atoms with Crippen LogP contribution in [0.1, 0.15) is 18.4 Å². The summed E-state index contributed by atoms with van der Waals surface area (Å²) in [7, 11) is -0.294. The van der Waals surface area contributed by atoms with E-state index in [0.29, 0.717) is 12.6 Å². The highest BCUT2D eigenvalue weighted by Crippen LogP contribution is 2.16. The molecule has 0 atom stereocenters. The van der Waals surface area contributed by atoms with Crippen LogP contribution >= 0.6 is 0 Å². The molecule has 1 saturated heterocycles. The third-order valence-corrected chi connectivity index (χ3v) is 7.41. The molecule has 0 unspecified atom stereocenters. The molecule has 3 rings (SSSR count). The highest BCUT2D eigenvalue weighted by molar-refractivity contribution is 7.89. The zero-order chi connectivity index (χ0) is 23.7. The molecule has 0 bridgehead atoms. The largest absolute Gasteiger partial charge is 0.492 e. The molecule has 1 fully saturated rings. The van der Waals surface area contributed by atoms with E-state index in [0.717, 1.165) is 48.2 Å². The average molecular weight is 477 g/mol. The molecular formula is C23H32N4O5S. The number of carbonyl (C=O) groups is 1. The van der Waals surface area contributed by atoms with Gasteiger partial charge in [0.15, 0.2) is 0 Å². The topological polar surface area (TPSA) is 101 Å². The first kappa shape index (κ1) is 25.1. The molecule has 2 aromatic rings. The van der Waals surface area contributed by atoms with Gasteiger partial charge in [-0.25, -0.2) is 8.42 Å². The second-order valence-electron chi connectivity index (χ2n) is 8.05. The molecule has 10 heteroatoms. The Bertz CT molecular complexity index is 997. The van der Waals surface area contributed by atoms with Crippen molar-refractivity contribution in [1.82, 2.24) is 19.5 Å². The van der Waals surface area contributed by atoms with Gasteiger partial charge in [-0.1, -0.05) is 12.1 Å². The number of pyridine rings is 1. The minimum Gasteiger partial charge on any atom is -0.492 e. The molecule has 0 spiro atoms. The van der Waals surface area contributed by atoms with Gasteiger partial charge >= 0.3 is 0 Å². The van der Waals surface area contributed by atoms with Crippen molar-refractivity contribution in [3.8, 4) is 5.75 Å². The number of hydrogen-bond acceptors (Lipinski definition) is 7. The molecule has 9 nitrogen and oxygen atoms in total. The summed E-state index contributed by atoms with van der Waals surface area (Å²) < 4.78 is 37.3. The van der Waals surface area contributed by atoms with Crippen molar-refractivity contribution in [3.05, 3.63) is 54.4 Å². The number of nitrogens with zero attached hydrogens (tertiary/aromatic N) is 3. The Balaban J connectivity index is 1.43. The predicted octanol–water partition coefficient (Wildman–Crippen LogP) is 1.51. The van der Waals surface area contributed by atoms with Gasteiger partial charge in [-0.2, -0.15) is 4.31 Å². The average Bonchev–Trinajstić information content (AvgIpc) is 2.84. The standard InChI is InChI=1S/C23H32N4O5S/c1-26(20-8-12-31-13-9-20)11-14-32-21-6-3-5-19(15-21)16-25-23(28)18-27(2)33(29,30)22-7-4-10-24-17-22/h3-7,10,15,17,20H,8-9,11-14,16,18H2,1-2H3,(H,25,28). The smallest absolute Gasteiger partial charge is 0.244 e. The first-order valence-corrected chi connectivity index (χ1v) is 12.4. The summed E-state index contributed by atoms with van der Waals surface area (Å²) >= 11 is 0. The normalized spacial score (nSPS) is 15.0. The van der Waals surface area contributed by atoms with Crippen LogP contribution in [0, 0.1) is 0 Å². The number of likely N-dealkylation sites (N-methyl/N-ethyl adjacent to an activating group) is 2. The van der Waals surface area contributed by atoms with Gasteiger partial charge in [0.1, 0.15) is 17.3 Å². The first-order chi connectivity index (χ1) is 15.9. The lowest BCUT2D eigenvalue weighted by atomic mass is 10.1. The third kappa shape index (κ3) is 7.50. The van der Waals surface area contributed by atoms with E-state index in [1.165, 1.54) is 25.5 Å². The number of aromatic nitrogens is 1. The Morgan fingerprint density at radius 2 is 2.00 bits per heavy atom. The fourth-order valence-corrected chi connectivity index (χ4v) is 4.68. The quantitative estimate of drug-likeness (QED) is 0.525. The van der Waals surface area contributed by atoms with E-state index in [-0.39, 0.29) is 18.0 Å². The van der Waals surface area contributed by atoms with Crippen molar-refractivity contribution in [1.29, 1.82) is 0 Å². The highest BCUT2D eigenvalue weighted by atomic mass is 32.2. The van der Waals surface area contributed by atoms with E-state index in [1.807, 2.05) is 24.3 Å². The summed E-state index contributed by atoms with van der Waals surface area (Å²) in [5.41, 5.74) is 0.872. The van der Waals surface area contributed by atoms with Crippen LogP contribution in [0.15, 0.2) is 53.7 Å². The van der Waals surface area contributed by atoms with Gasteiger partial charge in [-0.3, -0.25) is 14.7 Å². The van der Waals surface area contributed by atoms with E-state index in [4.69, 9.17) is 9.47 Å². The summed E-state index contributed by atoms with van der Waals surface area (Å²) in [5.74, 6) is 0.341. The summed E-state index contributed by atoms with van der Waals surface area (Å²) in [4.78, 5) is 18.5. The number of carbonyl (C=O) groups excluding carboxylic acids is 1. The van der Waals surface area contributed by atoms with Crippen LogP contribution in [0.3, 0.4) is 0 Å². The molecule has 0 aliphatic carbocycles. The maximum Gasteiger partial charge on any atom is 0.244 e. The molecule has 33 heavy (non-hydrogen) atoms. The zero-order valence-electron chi connectivity index (χ0n) is 19.1. The molecular weight excluding hydrogens is 444 g/mol. The second-order valence-corrected chi connectivity index (χ2v) is 10.1. The monoisotopic (exact) mass is 476 g/mol. The van der Waals surface area contributed by atoms with E-state index in [9.17, 15) is 13.2 Å². The summed E-state index contributed by atoms with van der Waals surface area (Å²) in [6.07, 6.45) is 4.85. The van der Waals surface area contributed by atoms with E-state index in [1.54, 1.807) is 6.07 Å². The number of ether oxygens (including phenoxy) is 2. The van der Waals surface area contributed by atoms with Crippen molar-refractivity contribution in [3.63, 3.8) is 0 Å². The number of nitrogens with one attached hydrogen (secondary N) is 1. The Kier molecular flexibility index (Phi) is 9.19. The highest BCUT2D eigenvalue weighted by Gasteiger charge is 2.23. The molecule has 1 N–H and O–H groups in total. The van der Waals surface area contributed by atoms with Gasteiger partial charge in [-0.15, -0.1) is 0 Å². The van der Waals surface area contributed by atoms with Gasteiger partial charge in [0.2, 0.25) is 15.9 Å². The minimum atomic E-state index is -3.77. The summed E-state index contributed by atoms with van der Waals surface area (Å²) in [5, 5.41) is 2.76. The van der Waals surface area contributed by atoms with Crippen LogP contribution in [0.25, 0.3) is 0 Å². The molecule has 180 valence electrons. The van der Waals surface area contributed by atoms with Crippen LogP contribution in [0.2, 0.25) is 0 Å². The van der Waals surface area contributed by atoms with Gasteiger partial charge in [0.25, 0.3) is 0 Å². The Morgan fingerprint density at radius 3 is 2.73 bits per heavy atom. The van der Waals surface area contributed by atoms with Crippen molar-refractivity contribution in [2.24, 2.45) is 0 Å². The molecule has 1 aliphatic heterocycles. The van der Waals surface area contributed by atoms with Gasteiger partial charge in [0, 0.05) is 51.8 Å². The van der Waals surface area contributed by atoms with E-state index < -0.39 is 15.9 Å². The van der Waals surface area contributed by atoms with E-state index >= 15 is 0 Å². The maximum absolute atomic E-state index is 12.5. The summed E-state index contributed by atoms with van der Waals surface area (Å²) in [6, 6.07) is 11.0. The first-order valence-electron chi connectivity index (χ1n) is 11.0. The van der Waals surface area contributed by atoms with E-state index in [2.05, 4.69) is 22.2 Å². The van der Waals surface area contributed by atoms with Crippen LogP contribution < -0.4 is 10.1 Å². The Labute approximate surface area is 195 Å². The van der Waals surface area contributed by atoms with Crippen molar-refractivity contribution in [2.75, 3.05) is 47.0 Å². The van der Waals surface area contributed by atoms with Crippen molar-refractivity contribution < 1.29 is 22.7 Å². The lowest BCUT2D eigenvalue weighted by molar-refractivity contribution is -0.121. The molecule has 2 heterocycles. The third-order valence-electron chi connectivity index (χ3n) is 5.62. The molecule has 0 radical (unpaired) electrons. The summed E-state index contributed by atoms with van der Waals surface area (Å²) in [6.45, 7) is 3.01. The van der Waals surface area contributed by atoms with Gasteiger partial charge < -0.3 is 14.8 Å². The van der Waals surface area contributed by atoms with Crippen LogP contribution in [-0.4, -0.2) is 81.6 Å². The van der Waals surface area contributed by atoms with Gasteiger partial charge in [-0.05, 0) is 49.7 Å². The number of benzene rings is 1. The minimum absolute atomic E-state index is 0.0487. The molecule has 0 saturated carbocycles. The van der Waals surface area contributed by atoms with Crippen LogP contribution in [-0.2, 0) is 26.1 Å². The zero-order valence-corrected chi connectivity index (χ0v) is 20.0. The van der Waals surface area contributed by atoms with Crippen molar-refractivity contribution >= 4 is 15.9 Å². The SMILES string of the molecule is CN(CCOc1cccc(CNC(=O)CN(C)S(=O)(=O)c2cccnc2)c1)C1CCOCC1.